The quantitative estimate of drug-likeness (QED) is 0.618. The molecule has 0 radical (unpaired) electrons. The number of carbonyl (C=O) groups excluding carboxylic acids is 1. The lowest BCUT2D eigenvalue weighted by atomic mass is 9.71. The van der Waals surface area contributed by atoms with Crippen LogP contribution in [0, 0.1) is 11.2 Å². The number of amides is 2. The number of likely N-dealkylation sites (tertiary alicyclic amines) is 1. The molecule has 1 aromatic heterocycles. The molecule has 0 atom stereocenters. The molecular formula is C23H22ClFN4O. The smallest absolute Gasteiger partial charge is 0.321 e. The summed E-state index contributed by atoms with van der Waals surface area (Å²) in [6.07, 6.45) is 3.72. The molecule has 1 N–H and O–H groups in total. The molecule has 0 aliphatic carbocycles. The minimum atomic E-state index is -0.244. The third-order valence-corrected chi connectivity index (χ3v) is 6.53. The number of benzene rings is 2. The molecule has 2 aromatic carbocycles. The first-order valence-corrected chi connectivity index (χ1v) is 10.5. The van der Waals surface area contributed by atoms with Crippen LogP contribution in [0.3, 0.4) is 0 Å². The van der Waals surface area contributed by atoms with Crippen LogP contribution in [-0.2, 0) is 0 Å². The van der Waals surface area contributed by atoms with E-state index in [0.717, 1.165) is 61.3 Å². The number of pyridine rings is 1. The van der Waals surface area contributed by atoms with E-state index >= 15 is 0 Å². The lowest BCUT2D eigenvalue weighted by molar-refractivity contribution is 0.0945. The second-order valence-corrected chi connectivity index (χ2v) is 8.71. The Morgan fingerprint density at radius 1 is 1.07 bits per heavy atom. The molecule has 0 unspecified atom stereocenters. The minimum absolute atomic E-state index is 0.0704. The van der Waals surface area contributed by atoms with Crippen LogP contribution in [0.15, 0.2) is 54.7 Å². The molecule has 3 heterocycles. The first-order valence-electron chi connectivity index (χ1n) is 10.1. The van der Waals surface area contributed by atoms with Crippen molar-refractivity contribution in [1.82, 2.24) is 9.88 Å². The topological polar surface area (TPSA) is 48.5 Å². The van der Waals surface area contributed by atoms with Crippen molar-refractivity contribution >= 4 is 39.9 Å². The number of piperidine rings is 1. The number of nitrogens with zero attached hydrogens (tertiary/aromatic N) is 3. The largest absolute Gasteiger partial charge is 0.370 e. The van der Waals surface area contributed by atoms with E-state index < -0.39 is 0 Å². The van der Waals surface area contributed by atoms with Crippen LogP contribution in [0.1, 0.15) is 12.8 Å². The second-order valence-electron chi connectivity index (χ2n) is 8.27. The fraction of sp³-hybridized carbons (Fsp3) is 0.304. The zero-order chi connectivity index (χ0) is 20.7. The fourth-order valence-electron chi connectivity index (χ4n) is 4.55. The summed E-state index contributed by atoms with van der Waals surface area (Å²) in [5.74, 6) is -0.244. The highest BCUT2D eigenvalue weighted by atomic mass is 35.5. The molecule has 1 spiro atoms. The number of hydrogen-bond donors (Lipinski definition) is 1. The van der Waals surface area contributed by atoms with Gasteiger partial charge in [0.2, 0.25) is 0 Å². The molecule has 3 aromatic rings. The number of nitrogens with one attached hydrogen (secondary N) is 1. The standard InChI is InChI=1S/C23H22ClFN4O/c24-16-1-4-18(5-2-16)27-22(30)28-11-8-23(9-12-28)14-29(15-23)21-7-10-26-20-6-3-17(25)13-19(20)21/h1-7,10,13H,8-9,11-12,14-15H2,(H,27,30). The monoisotopic (exact) mass is 424 g/mol. The van der Waals surface area contributed by atoms with Gasteiger partial charge in [-0.05, 0) is 61.4 Å². The first-order chi connectivity index (χ1) is 14.5. The van der Waals surface area contributed by atoms with Gasteiger partial charge in [0.25, 0.3) is 0 Å². The number of fused-ring (bicyclic) bond motifs is 1. The maximum atomic E-state index is 13.7. The van der Waals surface area contributed by atoms with E-state index in [-0.39, 0.29) is 17.3 Å². The molecule has 5 rings (SSSR count). The van der Waals surface area contributed by atoms with Gasteiger partial charge in [-0.2, -0.15) is 0 Å². The Balaban J connectivity index is 1.21. The van der Waals surface area contributed by atoms with Gasteiger partial charge in [0.1, 0.15) is 5.82 Å². The third-order valence-electron chi connectivity index (χ3n) is 6.28. The van der Waals surface area contributed by atoms with E-state index in [4.69, 9.17) is 11.6 Å². The van der Waals surface area contributed by atoms with Crippen LogP contribution in [0.4, 0.5) is 20.6 Å². The van der Waals surface area contributed by atoms with Crippen molar-refractivity contribution in [3.8, 4) is 0 Å². The molecule has 5 nitrogen and oxygen atoms in total. The van der Waals surface area contributed by atoms with Crippen LogP contribution in [-0.4, -0.2) is 42.1 Å². The molecule has 2 amide bonds. The van der Waals surface area contributed by atoms with Crippen LogP contribution < -0.4 is 10.2 Å². The molecule has 2 fully saturated rings. The molecule has 2 aliphatic heterocycles. The number of halogens is 2. The molecule has 30 heavy (non-hydrogen) atoms. The maximum Gasteiger partial charge on any atom is 0.321 e. The Kier molecular flexibility index (Phi) is 4.74. The number of carbonyl (C=O) groups is 1. The first kappa shape index (κ1) is 19.1. The van der Waals surface area contributed by atoms with Crippen LogP contribution in [0.5, 0.6) is 0 Å². The van der Waals surface area contributed by atoms with Gasteiger partial charge in [-0.1, -0.05) is 11.6 Å². The number of hydrogen-bond acceptors (Lipinski definition) is 3. The van der Waals surface area contributed by atoms with Crippen LogP contribution >= 0.6 is 11.6 Å². The summed E-state index contributed by atoms with van der Waals surface area (Å²) in [4.78, 5) is 21.1. The lowest BCUT2D eigenvalue weighted by Gasteiger charge is -2.55. The van der Waals surface area contributed by atoms with Gasteiger partial charge in [0.05, 0.1) is 5.52 Å². The zero-order valence-corrected chi connectivity index (χ0v) is 17.2. The van der Waals surface area contributed by atoms with Crippen molar-refractivity contribution in [2.75, 3.05) is 36.4 Å². The Labute approximate surface area is 179 Å². The molecule has 2 aliphatic rings. The molecular weight excluding hydrogens is 403 g/mol. The predicted octanol–water partition coefficient (Wildman–Crippen LogP) is 5.16. The molecule has 7 heteroatoms. The van der Waals surface area contributed by atoms with Gasteiger partial charge in [0.15, 0.2) is 0 Å². The summed E-state index contributed by atoms with van der Waals surface area (Å²) in [6, 6.07) is 13.8. The average Bonchev–Trinajstić information content (AvgIpc) is 2.73. The minimum Gasteiger partial charge on any atom is -0.370 e. The summed E-state index contributed by atoms with van der Waals surface area (Å²) >= 11 is 5.90. The van der Waals surface area contributed by atoms with E-state index in [2.05, 4.69) is 15.2 Å². The second kappa shape index (κ2) is 7.43. The van der Waals surface area contributed by atoms with Gasteiger partial charge >= 0.3 is 6.03 Å². The van der Waals surface area contributed by atoms with Gasteiger partial charge in [-0.15, -0.1) is 0 Å². The number of anilines is 2. The predicted molar refractivity (Wildman–Crippen MR) is 118 cm³/mol. The van der Waals surface area contributed by atoms with Crippen molar-refractivity contribution in [1.29, 1.82) is 0 Å². The Bertz CT molecular complexity index is 1090. The normalized spacial score (nSPS) is 17.8. The van der Waals surface area contributed by atoms with Gasteiger partial charge in [-0.3, -0.25) is 4.98 Å². The van der Waals surface area contributed by atoms with Crippen LogP contribution in [0.2, 0.25) is 5.02 Å². The van der Waals surface area contributed by atoms with E-state index in [1.54, 1.807) is 42.6 Å². The highest BCUT2D eigenvalue weighted by molar-refractivity contribution is 6.30. The van der Waals surface area contributed by atoms with Crippen molar-refractivity contribution in [2.45, 2.75) is 12.8 Å². The summed E-state index contributed by atoms with van der Waals surface area (Å²) in [5.41, 5.74) is 2.81. The number of rotatable bonds is 2. The zero-order valence-electron chi connectivity index (χ0n) is 16.4. The molecule has 0 saturated carbocycles. The van der Waals surface area contributed by atoms with Gasteiger partial charge in [0, 0.05) is 59.6 Å². The molecule has 2 saturated heterocycles. The molecule has 154 valence electrons. The SMILES string of the molecule is O=C(Nc1ccc(Cl)cc1)N1CCC2(CC1)CN(c1ccnc3ccc(F)cc13)C2. The van der Waals surface area contributed by atoms with Crippen molar-refractivity contribution in [2.24, 2.45) is 5.41 Å². The summed E-state index contributed by atoms with van der Waals surface area (Å²) in [6.45, 7) is 3.32. The van der Waals surface area contributed by atoms with Gasteiger partial charge in [-0.25, -0.2) is 9.18 Å². The average molecular weight is 425 g/mol. The highest BCUT2D eigenvalue weighted by Crippen LogP contribution is 2.44. The summed E-state index contributed by atoms with van der Waals surface area (Å²) in [7, 11) is 0. The van der Waals surface area contributed by atoms with E-state index in [9.17, 15) is 9.18 Å². The van der Waals surface area contributed by atoms with E-state index in [1.807, 2.05) is 11.0 Å². The number of aromatic nitrogens is 1. The van der Waals surface area contributed by atoms with Crippen molar-refractivity contribution in [3.05, 3.63) is 65.6 Å². The summed E-state index contributed by atoms with van der Waals surface area (Å²) < 4.78 is 13.7. The Morgan fingerprint density at radius 2 is 1.80 bits per heavy atom. The number of urea groups is 1. The molecule has 0 bridgehead atoms. The van der Waals surface area contributed by atoms with E-state index in [1.165, 1.54) is 6.07 Å². The van der Waals surface area contributed by atoms with Crippen molar-refractivity contribution < 1.29 is 9.18 Å². The lowest BCUT2D eigenvalue weighted by Crippen LogP contribution is -2.61. The fourth-order valence-corrected chi connectivity index (χ4v) is 4.68. The third kappa shape index (κ3) is 3.56. The van der Waals surface area contributed by atoms with Crippen molar-refractivity contribution in [3.63, 3.8) is 0 Å². The highest BCUT2D eigenvalue weighted by Gasteiger charge is 2.45. The van der Waals surface area contributed by atoms with E-state index in [0.29, 0.717) is 5.02 Å². The summed E-state index contributed by atoms with van der Waals surface area (Å²) in [5, 5.41) is 4.44. The Morgan fingerprint density at radius 3 is 2.53 bits per heavy atom. The maximum absolute atomic E-state index is 13.7. The van der Waals surface area contributed by atoms with Gasteiger partial charge < -0.3 is 15.1 Å². The van der Waals surface area contributed by atoms with Crippen LogP contribution in [0.25, 0.3) is 10.9 Å². The Hall–Kier alpha value is -2.86.